The van der Waals surface area contributed by atoms with Gasteiger partial charge < -0.3 is 10.2 Å². The van der Waals surface area contributed by atoms with Gasteiger partial charge in [-0.25, -0.2) is 12.7 Å². The number of amides is 2. The maximum Gasteiger partial charge on any atom is 0.244 e. The predicted octanol–water partition coefficient (Wildman–Crippen LogP) is 2.58. The van der Waals surface area contributed by atoms with Crippen LogP contribution in [0.25, 0.3) is 0 Å². The number of carbonyl (C=O) groups is 2. The van der Waals surface area contributed by atoms with Crippen molar-refractivity contribution in [2.45, 2.75) is 23.1 Å². The van der Waals surface area contributed by atoms with E-state index in [4.69, 9.17) is 0 Å². The van der Waals surface area contributed by atoms with E-state index in [0.29, 0.717) is 11.4 Å². The minimum Gasteiger partial charge on any atom is -0.325 e. The molecule has 2 amide bonds. The number of thioether (sulfide) groups is 1. The number of rotatable bonds is 6. The summed E-state index contributed by atoms with van der Waals surface area (Å²) in [6.45, 7) is 1.84. The number of hydrogen-bond acceptors (Lipinski definition) is 5. The lowest BCUT2D eigenvalue weighted by molar-refractivity contribution is -0.120. The van der Waals surface area contributed by atoms with Crippen LogP contribution < -0.4 is 10.2 Å². The Morgan fingerprint density at radius 1 is 1.21 bits per heavy atom. The molecule has 9 heteroatoms. The fraction of sp³-hybridized carbons (Fsp3) is 0.300. The fourth-order valence-electron chi connectivity index (χ4n) is 2.94. The molecule has 7 nitrogen and oxygen atoms in total. The summed E-state index contributed by atoms with van der Waals surface area (Å²) in [5.41, 5.74) is 2.20. The molecule has 0 fully saturated rings. The zero-order valence-corrected chi connectivity index (χ0v) is 18.1. The van der Waals surface area contributed by atoms with Crippen LogP contribution in [0.1, 0.15) is 12.5 Å². The highest BCUT2D eigenvalue weighted by Crippen LogP contribution is 2.37. The molecule has 0 radical (unpaired) electrons. The first kappa shape index (κ1) is 21.4. The third-order valence-electron chi connectivity index (χ3n) is 4.57. The maximum atomic E-state index is 12.6. The van der Waals surface area contributed by atoms with Crippen molar-refractivity contribution in [2.24, 2.45) is 0 Å². The van der Waals surface area contributed by atoms with Crippen molar-refractivity contribution in [3.63, 3.8) is 0 Å². The van der Waals surface area contributed by atoms with Crippen LogP contribution in [-0.2, 0) is 26.0 Å². The zero-order valence-electron chi connectivity index (χ0n) is 16.5. The van der Waals surface area contributed by atoms with Crippen molar-refractivity contribution in [3.05, 3.63) is 48.0 Å². The smallest absolute Gasteiger partial charge is 0.244 e. The van der Waals surface area contributed by atoms with E-state index in [1.54, 1.807) is 12.1 Å². The Morgan fingerprint density at radius 2 is 1.97 bits per heavy atom. The van der Waals surface area contributed by atoms with Crippen LogP contribution in [0.4, 0.5) is 11.4 Å². The van der Waals surface area contributed by atoms with Gasteiger partial charge in [0.1, 0.15) is 6.54 Å². The second kappa shape index (κ2) is 8.56. The van der Waals surface area contributed by atoms with E-state index < -0.39 is 10.0 Å². The SMILES string of the molecule is CCc1cccc(NC(=O)CN2C(=O)CSc3ccc(S(=O)(=O)N(C)C)cc32)c1. The minimum atomic E-state index is -3.65. The Morgan fingerprint density at radius 3 is 2.66 bits per heavy atom. The van der Waals surface area contributed by atoms with Crippen molar-refractivity contribution in [1.29, 1.82) is 0 Å². The van der Waals surface area contributed by atoms with E-state index in [-0.39, 0.29) is 29.0 Å². The summed E-state index contributed by atoms with van der Waals surface area (Å²) in [7, 11) is -0.753. The van der Waals surface area contributed by atoms with Gasteiger partial charge in [-0.05, 0) is 42.3 Å². The second-order valence-electron chi connectivity index (χ2n) is 6.79. The Hall–Kier alpha value is -2.36. The van der Waals surface area contributed by atoms with E-state index in [2.05, 4.69) is 5.32 Å². The van der Waals surface area contributed by atoms with Crippen molar-refractivity contribution in [3.8, 4) is 0 Å². The van der Waals surface area contributed by atoms with Gasteiger partial charge in [-0.15, -0.1) is 11.8 Å². The van der Waals surface area contributed by atoms with Crippen LogP contribution in [0.5, 0.6) is 0 Å². The highest BCUT2D eigenvalue weighted by molar-refractivity contribution is 8.00. The standard InChI is InChI=1S/C20H23N3O4S2/c1-4-14-6-5-7-15(10-14)21-19(24)12-23-17-11-16(29(26,27)22(2)3)8-9-18(17)28-13-20(23)25/h5-11H,4,12-13H2,1-3H3,(H,21,24). The molecule has 0 aromatic heterocycles. The minimum absolute atomic E-state index is 0.0811. The molecule has 1 aliphatic rings. The summed E-state index contributed by atoms with van der Waals surface area (Å²) in [4.78, 5) is 27.3. The highest BCUT2D eigenvalue weighted by Gasteiger charge is 2.29. The molecule has 3 rings (SSSR count). The molecule has 0 aliphatic carbocycles. The normalized spacial score (nSPS) is 14.1. The number of nitrogens with one attached hydrogen (secondary N) is 1. The Labute approximate surface area is 175 Å². The lowest BCUT2D eigenvalue weighted by Gasteiger charge is -2.29. The average molecular weight is 434 g/mol. The highest BCUT2D eigenvalue weighted by atomic mass is 32.2. The van der Waals surface area contributed by atoms with Gasteiger partial charge >= 0.3 is 0 Å². The molecule has 29 heavy (non-hydrogen) atoms. The number of sulfonamides is 1. The summed E-state index contributed by atoms with van der Waals surface area (Å²) in [6.07, 6.45) is 0.849. The first-order valence-electron chi connectivity index (χ1n) is 9.11. The molecule has 1 N–H and O–H groups in total. The van der Waals surface area contributed by atoms with Gasteiger partial charge in [0.05, 0.1) is 16.3 Å². The quantitative estimate of drug-likeness (QED) is 0.757. The lowest BCUT2D eigenvalue weighted by atomic mass is 10.1. The molecule has 0 saturated heterocycles. The molecule has 0 saturated carbocycles. The van der Waals surface area contributed by atoms with Gasteiger partial charge in [-0.2, -0.15) is 0 Å². The van der Waals surface area contributed by atoms with Crippen LogP contribution in [0, 0.1) is 0 Å². The molecule has 1 heterocycles. The fourth-order valence-corrected chi connectivity index (χ4v) is 4.78. The molecular formula is C20H23N3O4S2. The van der Waals surface area contributed by atoms with Gasteiger partial charge in [0.25, 0.3) is 0 Å². The van der Waals surface area contributed by atoms with Crippen LogP contribution in [0.3, 0.4) is 0 Å². The number of hydrogen-bond donors (Lipinski definition) is 1. The first-order valence-corrected chi connectivity index (χ1v) is 11.5. The summed E-state index contributed by atoms with van der Waals surface area (Å²) in [5.74, 6) is -0.379. The number of anilines is 2. The molecule has 2 aromatic carbocycles. The van der Waals surface area contributed by atoms with Crippen molar-refractivity contribution < 1.29 is 18.0 Å². The van der Waals surface area contributed by atoms with Crippen molar-refractivity contribution in [2.75, 3.05) is 36.6 Å². The van der Waals surface area contributed by atoms with E-state index in [1.807, 2.05) is 25.1 Å². The number of carbonyl (C=O) groups excluding carboxylic acids is 2. The van der Waals surface area contributed by atoms with E-state index in [0.717, 1.165) is 21.2 Å². The van der Waals surface area contributed by atoms with Gasteiger partial charge in [0.15, 0.2) is 0 Å². The second-order valence-corrected chi connectivity index (χ2v) is 9.96. The zero-order chi connectivity index (χ0) is 21.2. The Kier molecular flexibility index (Phi) is 6.30. The van der Waals surface area contributed by atoms with Crippen molar-refractivity contribution >= 4 is 45.0 Å². The number of benzene rings is 2. The van der Waals surface area contributed by atoms with Crippen LogP contribution >= 0.6 is 11.8 Å². The van der Waals surface area contributed by atoms with E-state index in [1.165, 1.54) is 42.9 Å². The van der Waals surface area contributed by atoms with Crippen LogP contribution in [0.2, 0.25) is 0 Å². The molecule has 154 valence electrons. The monoisotopic (exact) mass is 433 g/mol. The van der Waals surface area contributed by atoms with Gasteiger partial charge in [0, 0.05) is 24.7 Å². The molecule has 1 aliphatic heterocycles. The van der Waals surface area contributed by atoms with Gasteiger partial charge in [-0.3, -0.25) is 9.59 Å². The van der Waals surface area contributed by atoms with Gasteiger partial charge in [0.2, 0.25) is 21.8 Å². The summed E-state index contributed by atoms with van der Waals surface area (Å²) in [5, 5.41) is 2.81. The maximum absolute atomic E-state index is 12.6. The van der Waals surface area contributed by atoms with Crippen molar-refractivity contribution in [1.82, 2.24) is 4.31 Å². The predicted molar refractivity (Wildman–Crippen MR) is 115 cm³/mol. The first-order chi connectivity index (χ1) is 13.7. The van der Waals surface area contributed by atoms with Crippen LogP contribution in [-0.4, -0.2) is 50.9 Å². The van der Waals surface area contributed by atoms with E-state index in [9.17, 15) is 18.0 Å². The number of fused-ring (bicyclic) bond motifs is 1. The molecule has 0 bridgehead atoms. The van der Waals surface area contributed by atoms with Gasteiger partial charge in [-0.1, -0.05) is 19.1 Å². The van der Waals surface area contributed by atoms with Crippen LogP contribution in [0.15, 0.2) is 52.3 Å². The molecular weight excluding hydrogens is 410 g/mol. The Balaban J connectivity index is 1.86. The summed E-state index contributed by atoms with van der Waals surface area (Å²) >= 11 is 1.33. The average Bonchev–Trinajstić information content (AvgIpc) is 2.69. The third-order valence-corrected chi connectivity index (χ3v) is 7.43. The third kappa shape index (κ3) is 4.63. The largest absolute Gasteiger partial charge is 0.325 e. The summed E-state index contributed by atoms with van der Waals surface area (Å²) < 4.78 is 26.0. The number of nitrogens with zero attached hydrogens (tertiary/aromatic N) is 2. The molecule has 0 spiro atoms. The van der Waals surface area contributed by atoms with E-state index >= 15 is 0 Å². The Bertz CT molecular complexity index is 1050. The summed E-state index contributed by atoms with van der Waals surface area (Å²) in [6, 6.07) is 12.2. The number of aryl methyl sites for hydroxylation is 1. The topological polar surface area (TPSA) is 86.8 Å². The molecule has 2 aromatic rings. The molecule has 0 unspecified atom stereocenters. The lowest BCUT2D eigenvalue weighted by Crippen LogP contribution is -2.41. The molecule has 0 atom stereocenters.